The van der Waals surface area contributed by atoms with Crippen molar-refractivity contribution in [3.8, 4) is 0 Å². The number of rotatable bonds is 14. The molecular weight excluding hydrogens is 256 g/mol. The van der Waals surface area contributed by atoms with E-state index < -0.39 is 5.97 Å². The summed E-state index contributed by atoms with van der Waals surface area (Å²) in [6.45, 7) is 6.49. The molecule has 0 spiro atoms. The van der Waals surface area contributed by atoms with Crippen molar-refractivity contribution in [3.63, 3.8) is 0 Å². The summed E-state index contributed by atoms with van der Waals surface area (Å²) in [5, 5.41) is 0. The molecule has 7 nitrogen and oxygen atoms in total. The molecule has 0 aliphatic carbocycles. The van der Waals surface area contributed by atoms with Crippen molar-refractivity contribution >= 4 is 12.4 Å². The minimum Gasteiger partial charge on any atom is -0.465 e. The molecule has 110 valence electrons. The van der Waals surface area contributed by atoms with E-state index in [4.69, 9.17) is 18.9 Å². The van der Waals surface area contributed by atoms with Crippen LogP contribution in [-0.2, 0) is 33.3 Å². The zero-order valence-electron chi connectivity index (χ0n) is 10.9. The molecule has 0 saturated heterocycles. The molecule has 0 aromatic rings. The second kappa shape index (κ2) is 14.6. The predicted molar refractivity (Wildman–Crippen MR) is 65.6 cm³/mol. The molecule has 0 radical (unpaired) electrons. The van der Waals surface area contributed by atoms with Crippen LogP contribution in [0.1, 0.15) is 0 Å². The second-order valence-corrected chi connectivity index (χ2v) is 3.18. The fraction of sp³-hybridized carbons (Fsp3) is 0.667. The minimum atomic E-state index is -0.462. The topological polar surface area (TPSA) is 80.3 Å². The van der Waals surface area contributed by atoms with E-state index in [0.717, 1.165) is 6.08 Å². The van der Waals surface area contributed by atoms with Crippen LogP contribution >= 0.6 is 0 Å². The number of ether oxygens (including phenoxy) is 5. The van der Waals surface area contributed by atoms with Gasteiger partial charge in [0, 0.05) is 6.08 Å². The first-order valence-corrected chi connectivity index (χ1v) is 5.89. The van der Waals surface area contributed by atoms with E-state index in [2.05, 4.69) is 11.3 Å². The summed E-state index contributed by atoms with van der Waals surface area (Å²) in [5.74, 6) is -0.462. The van der Waals surface area contributed by atoms with Crippen molar-refractivity contribution in [2.45, 2.75) is 0 Å². The molecule has 0 bridgehead atoms. The van der Waals surface area contributed by atoms with Gasteiger partial charge in [0.25, 0.3) is 6.47 Å². The van der Waals surface area contributed by atoms with Crippen LogP contribution in [0.3, 0.4) is 0 Å². The summed E-state index contributed by atoms with van der Waals surface area (Å²) in [7, 11) is 0. The smallest absolute Gasteiger partial charge is 0.330 e. The maximum Gasteiger partial charge on any atom is 0.330 e. The number of carbonyl (C=O) groups excluding carboxylic acids is 2. The molecule has 0 rings (SSSR count). The molecule has 0 fully saturated rings. The Hall–Kier alpha value is -1.44. The molecule has 0 aromatic heterocycles. The van der Waals surface area contributed by atoms with Crippen molar-refractivity contribution < 1.29 is 33.3 Å². The van der Waals surface area contributed by atoms with Crippen LogP contribution in [-0.4, -0.2) is 65.3 Å². The van der Waals surface area contributed by atoms with Crippen molar-refractivity contribution in [1.82, 2.24) is 0 Å². The summed E-state index contributed by atoms with van der Waals surface area (Å²) in [6, 6.07) is 0. The fourth-order valence-corrected chi connectivity index (χ4v) is 0.957. The van der Waals surface area contributed by atoms with Crippen molar-refractivity contribution in [1.29, 1.82) is 0 Å². The standard InChI is InChI=1S/C12H20O7/c1-2-12(14)19-10-9-17-6-5-15-3-4-16-7-8-18-11-13/h2,11H,1,3-10H2. The van der Waals surface area contributed by atoms with Gasteiger partial charge in [-0.1, -0.05) is 6.58 Å². The Kier molecular flexibility index (Phi) is 13.5. The molecule has 0 N–H and O–H groups in total. The minimum absolute atomic E-state index is 0.199. The zero-order chi connectivity index (χ0) is 14.2. The molecular formula is C12H20O7. The van der Waals surface area contributed by atoms with E-state index in [9.17, 15) is 9.59 Å². The summed E-state index contributed by atoms with van der Waals surface area (Å²) in [5.41, 5.74) is 0. The molecule has 0 saturated carbocycles. The van der Waals surface area contributed by atoms with E-state index in [1.54, 1.807) is 0 Å². The van der Waals surface area contributed by atoms with Gasteiger partial charge < -0.3 is 23.7 Å². The van der Waals surface area contributed by atoms with Crippen LogP contribution in [0.5, 0.6) is 0 Å². The summed E-state index contributed by atoms with van der Waals surface area (Å²) in [4.78, 5) is 20.4. The fourth-order valence-electron chi connectivity index (χ4n) is 0.957. The van der Waals surface area contributed by atoms with Gasteiger partial charge in [0.1, 0.15) is 13.2 Å². The van der Waals surface area contributed by atoms with Crippen LogP contribution in [0.4, 0.5) is 0 Å². The van der Waals surface area contributed by atoms with Crippen LogP contribution in [0.2, 0.25) is 0 Å². The highest BCUT2D eigenvalue weighted by molar-refractivity contribution is 5.81. The Morgan fingerprint density at radius 3 is 1.79 bits per heavy atom. The average molecular weight is 276 g/mol. The van der Waals surface area contributed by atoms with Gasteiger partial charge in [0.2, 0.25) is 0 Å². The number of carbonyl (C=O) groups is 2. The van der Waals surface area contributed by atoms with Gasteiger partial charge in [0.05, 0.1) is 39.6 Å². The normalized spacial score (nSPS) is 9.89. The summed E-state index contributed by atoms with van der Waals surface area (Å²) < 4.78 is 24.6. The van der Waals surface area contributed by atoms with Gasteiger partial charge in [-0.2, -0.15) is 0 Å². The molecule has 0 amide bonds. The Morgan fingerprint density at radius 1 is 0.842 bits per heavy atom. The van der Waals surface area contributed by atoms with E-state index in [-0.39, 0.29) is 13.2 Å². The molecule has 0 aromatic carbocycles. The molecule has 0 unspecified atom stereocenters. The second-order valence-electron chi connectivity index (χ2n) is 3.18. The van der Waals surface area contributed by atoms with Crippen LogP contribution in [0, 0.1) is 0 Å². The van der Waals surface area contributed by atoms with Crippen LogP contribution in [0.15, 0.2) is 12.7 Å². The van der Waals surface area contributed by atoms with Gasteiger partial charge in [-0.3, -0.25) is 4.79 Å². The largest absolute Gasteiger partial charge is 0.465 e. The Balaban J connectivity index is 3.00. The SMILES string of the molecule is C=CC(=O)OCCOCCOCCOCCOC=O. The highest BCUT2D eigenvalue weighted by Gasteiger charge is 1.95. The Bertz CT molecular complexity index is 242. The van der Waals surface area contributed by atoms with Crippen molar-refractivity contribution in [2.24, 2.45) is 0 Å². The molecule has 7 heteroatoms. The average Bonchev–Trinajstić information content (AvgIpc) is 2.43. The quantitative estimate of drug-likeness (QED) is 0.190. The first kappa shape index (κ1) is 17.6. The molecule has 0 aliphatic heterocycles. The lowest BCUT2D eigenvalue weighted by molar-refractivity contribution is -0.139. The van der Waals surface area contributed by atoms with E-state index in [0.29, 0.717) is 46.1 Å². The number of hydrogen-bond acceptors (Lipinski definition) is 7. The Labute approximate surface area is 112 Å². The molecule has 0 aliphatic rings. The van der Waals surface area contributed by atoms with Crippen molar-refractivity contribution in [3.05, 3.63) is 12.7 Å². The number of hydrogen-bond donors (Lipinski definition) is 0. The summed E-state index contributed by atoms with van der Waals surface area (Å²) >= 11 is 0. The third-order valence-corrected chi connectivity index (χ3v) is 1.80. The first-order chi connectivity index (χ1) is 9.31. The van der Waals surface area contributed by atoms with Crippen LogP contribution in [0.25, 0.3) is 0 Å². The molecule has 19 heavy (non-hydrogen) atoms. The van der Waals surface area contributed by atoms with Crippen LogP contribution < -0.4 is 0 Å². The zero-order valence-corrected chi connectivity index (χ0v) is 10.9. The third kappa shape index (κ3) is 14.5. The van der Waals surface area contributed by atoms with E-state index in [1.165, 1.54) is 0 Å². The molecule has 0 heterocycles. The number of esters is 1. The third-order valence-electron chi connectivity index (χ3n) is 1.80. The monoisotopic (exact) mass is 276 g/mol. The lowest BCUT2D eigenvalue weighted by Crippen LogP contribution is -2.13. The van der Waals surface area contributed by atoms with E-state index >= 15 is 0 Å². The molecule has 0 atom stereocenters. The summed E-state index contributed by atoms with van der Waals surface area (Å²) in [6.07, 6.45) is 1.10. The maximum atomic E-state index is 10.7. The lowest BCUT2D eigenvalue weighted by Gasteiger charge is -2.06. The highest BCUT2D eigenvalue weighted by atomic mass is 16.6. The van der Waals surface area contributed by atoms with E-state index in [1.807, 2.05) is 0 Å². The predicted octanol–water partition coefficient (Wildman–Crippen LogP) is -0.0616. The lowest BCUT2D eigenvalue weighted by atomic mass is 10.6. The van der Waals surface area contributed by atoms with Gasteiger partial charge in [0.15, 0.2) is 0 Å². The van der Waals surface area contributed by atoms with Gasteiger partial charge >= 0.3 is 5.97 Å². The van der Waals surface area contributed by atoms with Crippen molar-refractivity contribution in [2.75, 3.05) is 52.9 Å². The van der Waals surface area contributed by atoms with Gasteiger partial charge in [-0.15, -0.1) is 0 Å². The maximum absolute atomic E-state index is 10.7. The highest BCUT2D eigenvalue weighted by Crippen LogP contribution is 1.84. The first-order valence-electron chi connectivity index (χ1n) is 5.89. The Morgan fingerprint density at radius 2 is 1.32 bits per heavy atom. The van der Waals surface area contributed by atoms with Gasteiger partial charge in [-0.25, -0.2) is 4.79 Å². The van der Waals surface area contributed by atoms with Gasteiger partial charge in [-0.05, 0) is 0 Å².